The standard InChI is InChI=1S/C40H67O8P/c1-3-5-7-9-11-13-15-17-19-20-21-23-24-26-28-30-32-34-39(41)46-36-38(37-47-49(43,44)45)48-40(42)35-33-31-29-27-25-22-18-16-14-12-10-8-6-4-2/h5,7,11,13,16-19,21,23,26,28,38H,3-4,6,8-10,12,14-15,20,22,24-25,27,29-37H2,1-2H3,(H2,43,44,45)/b7-5-,13-11-,18-16-,19-17-,23-21-,28-26-/t38-/m1/s1. The van der Waals surface area contributed by atoms with Crippen molar-refractivity contribution in [3.05, 3.63) is 72.9 Å². The van der Waals surface area contributed by atoms with Gasteiger partial charge in [-0.05, 0) is 77.0 Å². The van der Waals surface area contributed by atoms with Crippen LogP contribution in [0.4, 0.5) is 0 Å². The molecular formula is C40H67O8P. The van der Waals surface area contributed by atoms with E-state index in [1.807, 2.05) is 6.08 Å². The van der Waals surface area contributed by atoms with Crippen LogP contribution >= 0.6 is 7.82 Å². The van der Waals surface area contributed by atoms with E-state index < -0.39 is 32.5 Å². The minimum absolute atomic E-state index is 0.184. The van der Waals surface area contributed by atoms with Crippen molar-refractivity contribution in [2.24, 2.45) is 0 Å². The molecular weight excluding hydrogens is 639 g/mol. The highest BCUT2D eigenvalue weighted by Crippen LogP contribution is 2.35. The lowest BCUT2D eigenvalue weighted by atomic mass is 10.1. The Hall–Kier alpha value is -2.51. The molecule has 0 radical (unpaired) electrons. The van der Waals surface area contributed by atoms with Crippen molar-refractivity contribution >= 4 is 19.8 Å². The van der Waals surface area contributed by atoms with Gasteiger partial charge in [0.1, 0.15) is 6.61 Å². The summed E-state index contributed by atoms with van der Waals surface area (Å²) in [6.45, 7) is 3.48. The van der Waals surface area contributed by atoms with E-state index in [1.165, 1.54) is 32.1 Å². The zero-order chi connectivity index (χ0) is 36.1. The Morgan fingerprint density at radius 2 is 1.00 bits per heavy atom. The second kappa shape index (κ2) is 35.3. The first-order chi connectivity index (χ1) is 23.8. The zero-order valence-electron chi connectivity index (χ0n) is 30.6. The number of hydrogen-bond acceptors (Lipinski definition) is 6. The van der Waals surface area contributed by atoms with Gasteiger partial charge in [0.05, 0.1) is 6.61 Å². The molecule has 0 rings (SSSR count). The van der Waals surface area contributed by atoms with E-state index in [-0.39, 0.29) is 19.4 Å². The van der Waals surface area contributed by atoms with E-state index in [2.05, 4.69) is 85.2 Å². The zero-order valence-corrected chi connectivity index (χ0v) is 31.5. The molecule has 8 nitrogen and oxygen atoms in total. The van der Waals surface area contributed by atoms with Gasteiger partial charge in [-0.25, -0.2) is 4.57 Å². The average molecular weight is 707 g/mol. The predicted molar refractivity (Wildman–Crippen MR) is 202 cm³/mol. The molecule has 0 aliphatic carbocycles. The fourth-order valence-electron chi connectivity index (χ4n) is 4.70. The first-order valence-corrected chi connectivity index (χ1v) is 20.3. The van der Waals surface area contributed by atoms with Gasteiger partial charge in [0.25, 0.3) is 0 Å². The van der Waals surface area contributed by atoms with Crippen LogP contribution in [0.25, 0.3) is 0 Å². The van der Waals surface area contributed by atoms with Gasteiger partial charge >= 0.3 is 19.8 Å². The number of rotatable bonds is 33. The number of ether oxygens (including phenoxy) is 2. The van der Waals surface area contributed by atoms with Gasteiger partial charge in [-0.15, -0.1) is 0 Å². The van der Waals surface area contributed by atoms with Crippen LogP contribution in [-0.2, 0) is 28.2 Å². The van der Waals surface area contributed by atoms with E-state index in [0.717, 1.165) is 77.0 Å². The van der Waals surface area contributed by atoms with Crippen LogP contribution in [0, 0.1) is 0 Å². The second-order valence-electron chi connectivity index (χ2n) is 12.2. The maximum atomic E-state index is 12.3. The largest absolute Gasteiger partial charge is 0.469 e. The van der Waals surface area contributed by atoms with Gasteiger partial charge in [-0.2, -0.15) is 0 Å². The third-order valence-electron chi connectivity index (χ3n) is 7.46. The number of esters is 2. The van der Waals surface area contributed by atoms with Crippen molar-refractivity contribution in [2.45, 2.75) is 155 Å². The highest BCUT2D eigenvalue weighted by atomic mass is 31.2. The summed E-state index contributed by atoms with van der Waals surface area (Å²) in [6.07, 6.45) is 44.8. The van der Waals surface area contributed by atoms with Crippen LogP contribution in [-0.4, -0.2) is 41.0 Å². The van der Waals surface area contributed by atoms with Crippen molar-refractivity contribution in [3.63, 3.8) is 0 Å². The number of allylic oxidation sites excluding steroid dienone is 12. The van der Waals surface area contributed by atoms with Crippen molar-refractivity contribution in [1.82, 2.24) is 0 Å². The van der Waals surface area contributed by atoms with Crippen molar-refractivity contribution in [3.8, 4) is 0 Å². The summed E-state index contributed by atoms with van der Waals surface area (Å²) in [6, 6.07) is 0. The van der Waals surface area contributed by atoms with Gasteiger partial charge in [-0.3, -0.25) is 14.1 Å². The van der Waals surface area contributed by atoms with Crippen LogP contribution < -0.4 is 0 Å². The lowest BCUT2D eigenvalue weighted by Gasteiger charge is -2.18. The summed E-state index contributed by atoms with van der Waals surface area (Å²) in [5.74, 6) is -0.970. The molecule has 0 aromatic carbocycles. The molecule has 0 saturated heterocycles. The fourth-order valence-corrected chi connectivity index (χ4v) is 5.06. The first kappa shape index (κ1) is 46.5. The summed E-state index contributed by atoms with van der Waals surface area (Å²) >= 11 is 0. The van der Waals surface area contributed by atoms with Crippen LogP contribution in [0.1, 0.15) is 149 Å². The van der Waals surface area contributed by atoms with Crippen molar-refractivity contribution < 1.29 is 37.9 Å². The molecule has 280 valence electrons. The number of phosphoric ester groups is 1. The van der Waals surface area contributed by atoms with Gasteiger partial charge in [0.2, 0.25) is 0 Å². The molecule has 49 heavy (non-hydrogen) atoms. The summed E-state index contributed by atoms with van der Waals surface area (Å²) in [5, 5.41) is 0. The Labute approximate surface area is 298 Å². The normalized spacial score (nSPS) is 13.3. The molecule has 0 aromatic heterocycles. The summed E-state index contributed by atoms with van der Waals surface area (Å²) < 4.78 is 26.2. The third-order valence-corrected chi connectivity index (χ3v) is 7.94. The molecule has 0 aromatic rings. The Balaban J connectivity index is 4.11. The maximum Gasteiger partial charge on any atom is 0.469 e. The molecule has 1 atom stereocenters. The molecule has 2 N–H and O–H groups in total. The lowest BCUT2D eigenvalue weighted by Crippen LogP contribution is -2.29. The molecule has 0 bridgehead atoms. The molecule has 0 amide bonds. The molecule has 0 heterocycles. The number of carbonyl (C=O) groups is 2. The topological polar surface area (TPSA) is 119 Å². The van der Waals surface area contributed by atoms with Crippen molar-refractivity contribution in [2.75, 3.05) is 13.2 Å². The second-order valence-corrected chi connectivity index (χ2v) is 13.4. The lowest BCUT2D eigenvalue weighted by molar-refractivity contribution is -0.161. The molecule has 0 spiro atoms. The number of unbranched alkanes of at least 4 members (excludes halogenated alkanes) is 11. The van der Waals surface area contributed by atoms with Gasteiger partial charge < -0.3 is 19.3 Å². The highest BCUT2D eigenvalue weighted by Gasteiger charge is 2.22. The fraction of sp³-hybridized carbons (Fsp3) is 0.650. The van der Waals surface area contributed by atoms with E-state index >= 15 is 0 Å². The Morgan fingerprint density at radius 3 is 1.55 bits per heavy atom. The van der Waals surface area contributed by atoms with Gasteiger partial charge in [0.15, 0.2) is 6.10 Å². The van der Waals surface area contributed by atoms with Crippen LogP contribution in [0.15, 0.2) is 72.9 Å². The minimum Gasteiger partial charge on any atom is -0.462 e. The Morgan fingerprint density at radius 1 is 0.551 bits per heavy atom. The Kier molecular flexibility index (Phi) is 33.5. The SMILES string of the molecule is CC/C=C\C/C=C\C/C=C\C/C=C\C/C=C\CCCC(=O)OC[C@H](COP(=O)(O)O)OC(=O)CCCCCCC/C=C\CCCCCCC. The van der Waals surface area contributed by atoms with E-state index in [1.54, 1.807) is 0 Å². The first-order valence-electron chi connectivity index (χ1n) is 18.7. The van der Waals surface area contributed by atoms with E-state index in [0.29, 0.717) is 12.8 Å². The van der Waals surface area contributed by atoms with Crippen LogP contribution in [0.3, 0.4) is 0 Å². The quantitative estimate of drug-likeness (QED) is 0.0299. The summed E-state index contributed by atoms with van der Waals surface area (Å²) in [7, 11) is -4.77. The third kappa shape index (κ3) is 38.1. The predicted octanol–water partition coefficient (Wildman–Crippen LogP) is 11.1. The molecule has 0 saturated carbocycles. The molecule has 9 heteroatoms. The monoisotopic (exact) mass is 706 g/mol. The molecule has 0 aliphatic heterocycles. The van der Waals surface area contributed by atoms with Gasteiger partial charge in [-0.1, -0.05) is 132 Å². The minimum atomic E-state index is -4.77. The Bertz CT molecular complexity index is 1020. The van der Waals surface area contributed by atoms with E-state index in [9.17, 15) is 14.2 Å². The summed E-state index contributed by atoms with van der Waals surface area (Å²) in [5.41, 5.74) is 0. The average Bonchev–Trinajstić information content (AvgIpc) is 3.07. The highest BCUT2D eigenvalue weighted by molar-refractivity contribution is 7.46. The van der Waals surface area contributed by atoms with Crippen molar-refractivity contribution in [1.29, 1.82) is 0 Å². The number of phosphoric acid groups is 1. The molecule has 0 fully saturated rings. The van der Waals surface area contributed by atoms with Crippen LogP contribution in [0.5, 0.6) is 0 Å². The van der Waals surface area contributed by atoms with Gasteiger partial charge in [0, 0.05) is 12.8 Å². The van der Waals surface area contributed by atoms with Crippen LogP contribution in [0.2, 0.25) is 0 Å². The number of carbonyl (C=O) groups excluding carboxylic acids is 2. The molecule has 0 unspecified atom stereocenters. The maximum absolute atomic E-state index is 12.3. The van der Waals surface area contributed by atoms with E-state index in [4.69, 9.17) is 19.3 Å². The smallest absolute Gasteiger partial charge is 0.462 e. The molecule has 0 aliphatic rings. The number of hydrogen-bond donors (Lipinski definition) is 2. The summed E-state index contributed by atoms with van der Waals surface area (Å²) in [4.78, 5) is 42.7.